The summed E-state index contributed by atoms with van der Waals surface area (Å²) in [6.07, 6.45) is 0.412. The minimum atomic E-state index is -0.341. The Morgan fingerprint density at radius 3 is 2.26 bits per heavy atom. The van der Waals surface area contributed by atoms with Gasteiger partial charge in [0.1, 0.15) is 5.75 Å². The van der Waals surface area contributed by atoms with Crippen molar-refractivity contribution in [1.29, 1.82) is 0 Å². The van der Waals surface area contributed by atoms with E-state index in [9.17, 15) is 5.11 Å². The molecule has 0 aliphatic rings. The van der Waals surface area contributed by atoms with Crippen molar-refractivity contribution < 1.29 is 9.84 Å². The number of rotatable bonds is 4. The minimum absolute atomic E-state index is 0.341. The fourth-order valence-corrected chi connectivity index (χ4v) is 2.73. The Bertz CT molecular complexity index is 474. The first-order valence-corrected chi connectivity index (χ1v) is 7.48. The summed E-state index contributed by atoms with van der Waals surface area (Å²) in [5, 5.41) is 9.76. The van der Waals surface area contributed by atoms with Gasteiger partial charge in [-0.3, -0.25) is 0 Å². The van der Waals surface area contributed by atoms with Crippen molar-refractivity contribution in [3.8, 4) is 16.2 Å². The molecule has 0 aliphatic heterocycles. The zero-order valence-electron chi connectivity index (χ0n) is 12.0. The number of aliphatic hydroxyl groups is 1. The predicted molar refractivity (Wildman–Crippen MR) is 82.9 cm³/mol. The molecule has 0 aliphatic carbocycles. The van der Waals surface area contributed by atoms with Gasteiger partial charge in [0.25, 0.3) is 0 Å². The average molecular weight is 278 g/mol. The molecule has 1 heterocycles. The molecule has 1 aromatic carbocycles. The Kier molecular flexibility index (Phi) is 6.60. The molecular formula is C16H22O2S. The molecule has 1 unspecified atom stereocenters. The molecule has 2 nitrogen and oxygen atoms in total. The van der Waals surface area contributed by atoms with Crippen LogP contribution in [0.15, 0.2) is 36.4 Å². The van der Waals surface area contributed by atoms with Crippen molar-refractivity contribution in [1.82, 2.24) is 0 Å². The number of hydrogen-bond donors (Lipinski definition) is 1. The molecular weight excluding hydrogens is 256 g/mol. The smallest absolute Gasteiger partial charge is 0.118 e. The van der Waals surface area contributed by atoms with Crippen LogP contribution in [0.4, 0.5) is 0 Å². The predicted octanol–water partition coefficient (Wildman–Crippen LogP) is 4.89. The van der Waals surface area contributed by atoms with Gasteiger partial charge in [0.2, 0.25) is 0 Å². The van der Waals surface area contributed by atoms with Crippen LogP contribution in [0, 0.1) is 0 Å². The zero-order valence-corrected chi connectivity index (χ0v) is 12.8. The highest BCUT2D eigenvalue weighted by Gasteiger charge is 2.09. The zero-order chi connectivity index (χ0) is 14.3. The first-order valence-electron chi connectivity index (χ1n) is 6.66. The molecule has 0 amide bonds. The molecule has 1 atom stereocenters. The first kappa shape index (κ1) is 15.7. The number of ether oxygens (including phenoxy) is 1. The van der Waals surface area contributed by atoms with Crippen molar-refractivity contribution in [2.75, 3.05) is 7.11 Å². The van der Waals surface area contributed by atoms with Gasteiger partial charge < -0.3 is 9.84 Å². The van der Waals surface area contributed by atoms with E-state index in [2.05, 4.69) is 6.07 Å². The number of benzene rings is 1. The van der Waals surface area contributed by atoms with E-state index in [0.29, 0.717) is 0 Å². The van der Waals surface area contributed by atoms with Crippen molar-refractivity contribution in [2.45, 2.75) is 33.3 Å². The second-order valence-electron chi connectivity index (χ2n) is 3.85. The van der Waals surface area contributed by atoms with Gasteiger partial charge in [0.05, 0.1) is 13.2 Å². The normalized spacial score (nSPS) is 11.4. The van der Waals surface area contributed by atoms with E-state index in [1.54, 1.807) is 18.4 Å². The molecule has 2 rings (SSSR count). The lowest BCUT2D eigenvalue weighted by atomic mass is 10.2. The topological polar surface area (TPSA) is 29.5 Å². The van der Waals surface area contributed by atoms with E-state index in [0.717, 1.165) is 22.6 Å². The van der Waals surface area contributed by atoms with Gasteiger partial charge in [0.15, 0.2) is 0 Å². The summed E-state index contributed by atoms with van der Waals surface area (Å²) in [6.45, 7) is 5.98. The van der Waals surface area contributed by atoms with Crippen LogP contribution in [-0.4, -0.2) is 12.2 Å². The molecule has 19 heavy (non-hydrogen) atoms. The molecule has 0 fully saturated rings. The van der Waals surface area contributed by atoms with Crippen LogP contribution < -0.4 is 4.74 Å². The number of aliphatic hydroxyl groups excluding tert-OH is 1. The molecule has 3 heteroatoms. The lowest BCUT2D eigenvalue weighted by molar-refractivity contribution is 0.177. The third kappa shape index (κ3) is 4.08. The van der Waals surface area contributed by atoms with Gasteiger partial charge in [-0.2, -0.15) is 0 Å². The summed E-state index contributed by atoms with van der Waals surface area (Å²) < 4.78 is 5.13. The molecule has 1 N–H and O–H groups in total. The van der Waals surface area contributed by atoms with Gasteiger partial charge in [-0.05, 0) is 48.4 Å². The Morgan fingerprint density at radius 2 is 1.74 bits per heavy atom. The summed E-state index contributed by atoms with van der Waals surface area (Å²) in [6, 6.07) is 12.0. The highest BCUT2D eigenvalue weighted by molar-refractivity contribution is 7.15. The second kappa shape index (κ2) is 7.97. The Hall–Kier alpha value is -1.32. The molecule has 0 saturated carbocycles. The molecule has 0 radical (unpaired) electrons. The molecule has 0 spiro atoms. The van der Waals surface area contributed by atoms with E-state index < -0.39 is 0 Å². The van der Waals surface area contributed by atoms with Crippen LogP contribution >= 0.6 is 11.3 Å². The van der Waals surface area contributed by atoms with Crippen LogP contribution in [0.2, 0.25) is 0 Å². The van der Waals surface area contributed by atoms with E-state index in [4.69, 9.17) is 4.74 Å². The summed E-state index contributed by atoms with van der Waals surface area (Å²) in [5.41, 5.74) is 1.16. The molecule has 0 saturated heterocycles. The van der Waals surface area contributed by atoms with E-state index in [-0.39, 0.29) is 6.10 Å². The fraction of sp³-hybridized carbons (Fsp3) is 0.375. The molecule has 2 aromatic rings. The van der Waals surface area contributed by atoms with Crippen LogP contribution in [0.5, 0.6) is 5.75 Å². The van der Waals surface area contributed by atoms with Gasteiger partial charge in [0, 0.05) is 9.75 Å². The first-order chi connectivity index (χ1) is 9.24. The summed E-state index contributed by atoms with van der Waals surface area (Å²) in [4.78, 5) is 2.20. The number of hydrogen-bond acceptors (Lipinski definition) is 3. The highest BCUT2D eigenvalue weighted by Crippen LogP contribution is 2.33. The molecule has 1 aromatic heterocycles. The minimum Gasteiger partial charge on any atom is -0.497 e. The van der Waals surface area contributed by atoms with Crippen LogP contribution in [0.1, 0.15) is 38.2 Å². The van der Waals surface area contributed by atoms with Crippen LogP contribution in [-0.2, 0) is 0 Å². The van der Waals surface area contributed by atoms with E-state index >= 15 is 0 Å². The van der Waals surface area contributed by atoms with Crippen molar-refractivity contribution in [3.05, 3.63) is 41.3 Å². The summed E-state index contributed by atoms with van der Waals surface area (Å²) in [7, 11) is 1.66. The third-order valence-corrected chi connectivity index (χ3v) is 3.95. The maximum absolute atomic E-state index is 9.76. The quantitative estimate of drug-likeness (QED) is 0.862. The van der Waals surface area contributed by atoms with Gasteiger partial charge in [-0.15, -0.1) is 11.3 Å². The Labute approximate surface area is 119 Å². The van der Waals surface area contributed by atoms with E-state index in [1.807, 2.05) is 51.1 Å². The lowest BCUT2D eigenvalue weighted by Crippen LogP contribution is -1.89. The van der Waals surface area contributed by atoms with Crippen LogP contribution in [0.25, 0.3) is 10.4 Å². The van der Waals surface area contributed by atoms with Crippen molar-refractivity contribution >= 4 is 11.3 Å². The SMILES string of the molecule is CC.CCC(O)c1ccc(-c2ccc(OC)cc2)s1. The maximum atomic E-state index is 9.76. The maximum Gasteiger partial charge on any atom is 0.118 e. The summed E-state index contributed by atoms with van der Waals surface area (Å²) in [5.74, 6) is 0.860. The van der Waals surface area contributed by atoms with Gasteiger partial charge in [-0.1, -0.05) is 20.8 Å². The lowest BCUT2D eigenvalue weighted by Gasteiger charge is -2.03. The number of methoxy groups -OCH3 is 1. The molecule has 0 bridgehead atoms. The van der Waals surface area contributed by atoms with Crippen molar-refractivity contribution in [2.24, 2.45) is 0 Å². The van der Waals surface area contributed by atoms with Gasteiger partial charge >= 0.3 is 0 Å². The summed E-state index contributed by atoms with van der Waals surface area (Å²) >= 11 is 1.64. The standard InChI is InChI=1S/C14H16O2S.C2H6/c1-3-12(15)14-9-8-13(17-14)10-4-6-11(16-2)7-5-10;1-2/h4-9,12,15H,3H2,1-2H3;1-2H3. The third-order valence-electron chi connectivity index (χ3n) is 2.72. The van der Waals surface area contributed by atoms with Crippen molar-refractivity contribution in [3.63, 3.8) is 0 Å². The van der Waals surface area contributed by atoms with E-state index in [1.165, 1.54) is 4.88 Å². The fourth-order valence-electron chi connectivity index (χ4n) is 1.64. The average Bonchev–Trinajstić information content (AvgIpc) is 2.98. The monoisotopic (exact) mass is 278 g/mol. The number of thiophene rings is 1. The van der Waals surface area contributed by atoms with Crippen LogP contribution in [0.3, 0.4) is 0 Å². The Morgan fingerprint density at radius 1 is 1.11 bits per heavy atom. The largest absolute Gasteiger partial charge is 0.497 e. The van der Waals surface area contributed by atoms with Gasteiger partial charge in [-0.25, -0.2) is 0 Å². The highest BCUT2D eigenvalue weighted by atomic mass is 32.1. The Balaban J connectivity index is 0.000000861. The second-order valence-corrected chi connectivity index (χ2v) is 4.97. The molecule has 104 valence electrons.